The monoisotopic (exact) mass is 173 g/mol. The Morgan fingerprint density at radius 1 is 1.38 bits per heavy atom. The summed E-state index contributed by atoms with van der Waals surface area (Å²) >= 11 is 0. The summed E-state index contributed by atoms with van der Waals surface area (Å²) in [5.41, 5.74) is 1.03. The van der Waals surface area contributed by atoms with Crippen LogP contribution >= 0.6 is 0 Å². The number of rotatable bonds is 3. The second kappa shape index (κ2) is 3.52. The molecule has 0 aromatic carbocycles. The van der Waals surface area contributed by atoms with Gasteiger partial charge in [-0.1, -0.05) is 6.08 Å². The molecule has 1 heterocycles. The number of carbonyl (C=O) groups excluding carboxylic acids is 1. The van der Waals surface area contributed by atoms with E-state index in [1.54, 1.807) is 18.5 Å². The van der Waals surface area contributed by atoms with E-state index in [-0.39, 0.29) is 5.78 Å². The number of pyridine rings is 1. The predicted molar refractivity (Wildman–Crippen MR) is 51.0 cm³/mol. The Morgan fingerprint density at radius 3 is 2.69 bits per heavy atom. The van der Waals surface area contributed by atoms with Crippen LogP contribution in [0.15, 0.2) is 30.6 Å². The van der Waals surface area contributed by atoms with E-state index in [2.05, 4.69) is 4.98 Å². The molecule has 1 fully saturated rings. The standard InChI is InChI=1S/C11H11NO/c13-11(10-2-3-10)4-1-9-5-7-12-8-6-9/h1,4-8,10H,2-3H2. The van der Waals surface area contributed by atoms with Crippen LogP contribution in [0, 0.1) is 5.92 Å². The Morgan fingerprint density at radius 2 is 2.08 bits per heavy atom. The summed E-state index contributed by atoms with van der Waals surface area (Å²) in [5, 5.41) is 0. The minimum Gasteiger partial charge on any atom is -0.295 e. The molecular formula is C11H11NO. The van der Waals surface area contributed by atoms with E-state index in [0.29, 0.717) is 5.92 Å². The van der Waals surface area contributed by atoms with E-state index < -0.39 is 0 Å². The molecule has 0 atom stereocenters. The van der Waals surface area contributed by atoms with Gasteiger partial charge in [-0.2, -0.15) is 0 Å². The zero-order valence-corrected chi connectivity index (χ0v) is 7.31. The van der Waals surface area contributed by atoms with E-state index in [1.807, 2.05) is 18.2 Å². The SMILES string of the molecule is O=C(C=Cc1ccncc1)C1CC1. The minimum absolute atomic E-state index is 0.261. The van der Waals surface area contributed by atoms with Crippen molar-refractivity contribution in [2.45, 2.75) is 12.8 Å². The van der Waals surface area contributed by atoms with Crippen molar-refractivity contribution in [3.8, 4) is 0 Å². The Bertz CT molecular complexity index is 325. The van der Waals surface area contributed by atoms with Crippen molar-refractivity contribution in [2.75, 3.05) is 0 Å². The van der Waals surface area contributed by atoms with Crippen molar-refractivity contribution < 1.29 is 4.79 Å². The quantitative estimate of drug-likeness (QED) is 0.655. The maximum Gasteiger partial charge on any atom is 0.158 e. The third-order valence-corrected chi connectivity index (χ3v) is 2.13. The number of hydrogen-bond donors (Lipinski definition) is 0. The van der Waals surface area contributed by atoms with E-state index >= 15 is 0 Å². The molecule has 1 aliphatic rings. The third kappa shape index (κ3) is 2.25. The van der Waals surface area contributed by atoms with Gasteiger partial charge in [0, 0.05) is 18.3 Å². The molecule has 1 saturated carbocycles. The fourth-order valence-corrected chi connectivity index (χ4v) is 1.16. The predicted octanol–water partition coefficient (Wildman–Crippen LogP) is 2.07. The summed E-state index contributed by atoms with van der Waals surface area (Å²) in [7, 11) is 0. The molecule has 0 unspecified atom stereocenters. The van der Waals surface area contributed by atoms with Crippen LogP contribution in [-0.2, 0) is 4.79 Å². The number of nitrogens with zero attached hydrogens (tertiary/aromatic N) is 1. The van der Waals surface area contributed by atoms with Gasteiger partial charge in [0.25, 0.3) is 0 Å². The first-order valence-electron chi connectivity index (χ1n) is 4.48. The first kappa shape index (κ1) is 8.17. The van der Waals surface area contributed by atoms with Gasteiger partial charge in [0.2, 0.25) is 0 Å². The normalized spacial score (nSPS) is 16.3. The fourth-order valence-electron chi connectivity index (χ4n) is 1.16. The van der Waals surface area contributed by atoms with Gasteiger partial charge in [0.05, 0.1) is 0 Å². The van der Waals surface area contributed by atoms with Gasteiger partial charge >= 0.3 is 0 Å². The van der Waals surface area contributed by atoms with E-state index in [9.17, 15) is 4.79 Å². The lowest BCUT2D eigenvalue weighted by Gasteiger charge is -1.90. The first-order chi connectivity index (χ1) is 6.36. The second-order valence-electron chi connectivity index (χ2n) is 3.29. The van der Waals surface area contributed by atoms with Crippen molar-refractivity contribution in [3.63, 3.8) is 0 Å². The van der Waals surface area contributed by atoms with Crippen LogP contribution in [0.2, 0.25) is 0 Å². The van der Waals surface area contributed by atoms with Gasteiger partial charge < -0.3 is 0 Å². The number of ketones is 1. The molecule has 2 heteroatoms. The molecule has 0 saturated heterocycles. The molecule has 66 valence electrons. The lowest BCUT2D eigenvalue weighted by Crippen LogP contribution is -1.93. The van der Waals surface area contributed by atoms with Gasteiger partial charge in [-0.15, -0.1) is 0 Å². The van der Waals surface area contributed by atoms with Crippen LogP contribution in [0.4, 0.5) is 0 Å². The van der Waals surface area contributed by atoms with Crippen LogP contribution in [0.5, 0.6) is 0 Å². The molecule has 1 aromatic rings. The molecule has 1 aromatic heterocycles. The maximum atomic E-state index is 11.3. The van der Waals surface area contributed by atoms with Crippen LogP contribution in [-0.4, -0.2) is 10.8 Å². The summed E-state index contributed by atoms with van der Waals surface area (Å²) in [6.07, 6.45) is 9.11. The Kier molecular flexibility index (Phi) is 2.21. The smallest absolute Gasteiger partial charge is 0.158 e. The Balaban J connectivity index is 2.00. The average Bonchev–Trinajstić information content (AvgIpc) is 2.99. The molecule has 0 bridgehead atoms. The lowest BCUT2D eigenvalue weighted by molar-refractivity contribution is -0.115. The van der Waals surface area contributed by atoms with E-state index in [4.69, 9.17) is 0 Å². The highest BCUT2D eigenvalue weighted by molar-refractivity contribution is 5.96. The van der Waals surface area contributed by atoms with Gasteiger partial charge in [0.15, 0.2) is 5.78 Å². The highest BCUT2D eigenvalue weighted by atomic mass is 16.1. The zero-order valence-electron chi connectivity index (χ0n) is 7.31. The third-order valence-electron chi connectivity index (χ3n) is 2.13. The highest BCUT2D eigenvalue weighted by Gasteiger charge is 2.27. The van der Waals surface area contributed by atoms with Crippen molar-refractivity contribution >= 4 is 11.9 Å². The molecule has 0 aliphatic heterocycles. The topological polar surface area (TPSA) is 30.0 Å². The molecule has 2 nitrogen and oxygen atoms in total. The molecular weight excluding hydrogens is 162 g/mol. The number of aromatic nitrogens is 1. The first-order valence-corrected chi connectivity index (χ1v) is 4.48. The Hall–Kier alpha value is -1.44. The van der Waals surface area contributed by atoms with Crippen molar-refractivity contribution in [3.05, 3.63) is 36.2 Å². The summed E-state index contributed by atoms with van der Waals surface area (Å²) in [5.74, 6) is 0.579. The van der Waals surface area contributed by atoms with E-state index in [0.717, 1.165) is 18.4 Å². The molecule has 2 rings (SSSR count). The summed E-state index contributed by atoms with van der Waals surface area (Å²) in [4.78, 5) is 15.2. The van der Waals surface area contributed by atoms with Crippen LogP contribution in [0.25, 0.3) is 6.08 Å². The van der Waals surface area contributed by atoms with Crippen LogP contribution in [0.3, 0.4) is 0 Å². The summed E-state index contributed by atoms with van der Waals surface area (Å²) in [6.45, 7) is 0. The van der Waals surface area contributed by atoms with Gasteiger partial charge in [-0.05, 0) is 36.6 Å². The van der Waals surface area contributed by atoms with Crippen molar-refractivity contribution in [2.24, 2.45) is 5.92 Å². The molecule has 0 N–H and O–H groups in total. The largest absolute Gasteiger partial charge is 0.295 e. The van der Waals surface area contributed by atoms with Gasteiger partial charge in [0.1, 0.15) is 0 Å². The molecule has 13 heavy (non-hydrogen) atoms. The summed E-state index contributed by atoms with van der Waals surface area (Å²) < 4.78 is 0. The fraction of sp³-hybridized carbons (Fsp3) is 0.273. The van der Waals surface area contributed by atoms with Gasteiger partial charge in [-0.25, -0.2) is 0 Å². The van der Waals surface area contributed by atoms with Crippen molar-refractivity contribution in [1.29, 1.82) is 0 Å². The lowest BCUT2D eigenvalue weighted by atomic mass is 10.2. The highest BCUT2D eigenvalue weighted by Crippen LogP contribution is 2.30. The Labute approximate surface area is 77.3 Å². The number of carbonyl (C=O) groups is 1. The van der Waals surface area contributed by atoms with E-state index in [1.165, 1.54) is 0 Å². The second-order valence-corrected chi connectivity index (χ2v) is 3.29. The maximum absolute atomic E-state index is 11.3. The number of hydrogen-bond acceptors (Lipinski definition) is 2. The molecule has 0 spiro atoms. The van der Waals surface area contributed by atoms with Crippen molar-refractivity contribution in [1.82, 2.24) is 4.98 Å². The average molecular weight is 173 g/mol. The molecule has 0 amide bonds. The minimum atomic E-state index is 0.261. The van der Waals surface area contributed by atoms with Crippen LogP contribution in [0.1, 0.15) is 18.4 Å². The van der Waals surface area contributed by atoms with Crippen LogP contribution < -0.4 is 0 Å². The van der Waals surface area contributed by atoms with Gasteiger partial charge in [-0.3, -0.25) is 9.78 Å². The molecule has 1 aliphatic carbocycles. The number of allylic oxidation sites excluding steroid dienone is 1. The zero-order chi connectivity index (χ0) is 9.10. The summed E-state index contributed by atoms with van der Waals surface area (Å²) in [6, 6.07) is 3.77. The molecule has 0 radical (unpaired) electrons.